The molecule has 1 aromatic rings. The maximum Gasteiger partial charge on any atom is 0.163 e. The zero-order chi connectivity index (χ0) is 14.7. The van der Waals surface area contributed by atoms with Gasteiger partial charge in [0.2, 0.25) is 0 Å². The van der Waals surface area contributed by atoms with Gasteiger partial charge in [-0.25, -0.2) is 0 Å². The molecule has 5 heteroatoms. The maximum absolute atomic E-state index is 5.79. The third-order valence-electron chi connectivity index (χ3n) is 3.58. The minimum absolute atomic E-state index is 0.0598. The molecule has 3 rings (SSSR count). The molecule has 2 atom stereocenters. The van der Waals surface area contributed by atoms with E-state index in [0.29, 0.717) is 19.8 Å². The Labute approximate surface area is 124 Å². The van der Waals surface area contributed by atoms with Crippen LogP contribution in [0.15, 0.2) is 35.5 Å². The van der Waals surface area contributed by atoms with Crippen molar-refractivity contribution in [3.63, 3.8) is 0 Å². The number of benzene rings is 1. The second-order valence-electron chi connectivity index (χ2n) is 5.85. The Bertz CT molecular complexity index is 500. The summed E-state index contributed by atoms with van der Waals surface area (Å²) in [6, 6.07) is 10.1. The lowest BCUT2D eigenvalue weighted by Crippen LogP contribution is -2.31. The van der Waals surface area contributed by atoms with E-state index in [-0.39, 0.29) is 12.2 Å². The van der Waals surface area contributed by atoms with Gasteiger partial charge in [0.25, 0.3) is 0 Å². The van der Waals surface area contributed by atoms with E-state index in [1.54, 1.807) is 0 Å². The first kappa shape index (κ1) is 14.5. The van der Waals surface area contributed by atoms with Gasteiger partial charge in [0, 0.05) is 6.42 Å². The summed E-state index contributed by atoms with van der Waals surface area (Å²) in [6.07, 6.45) is 0.608. The lowest BCUT2D eigenvalue weighted by atomic mass is 10.1. The third-order valence-corrected chi connectivity index (χ3v) is 3.58. The van der Waals surface area contributed by atoms with Crippen molar-refractivity contribution >= 4 is 5.71 Å². The molecule has 1 saturated heterocycles. The van der Waals surface area contributed by atoms with Crippen molar-refractivity contribution in [1.82, 2.24) is 0 Å². The summed E-state index contributed by atoms with van der Waals surface area (Å²) in [6.45, 7) is 5.44. The van der Waals surface area contributed by atoms with Crippen molar-refractivity contribution in [3.05, 3.63) is 35.9 Å². The van der Waals surface area contributed by atoms with Crippen molar-refractivity contribution in [2.24, 2.45) is 5.16 Å². The molecule has 0 unspecified atom stereocenters. The molecule has 0 amide bonds. The van der Waals surface area contributed by atoms with Gasteiger partial charge in [-0.3, -0.25) is 0 Å². The molecular formula is C16H21NO4. The van der Waals surface area contributed by atoms with Gasteiger partial charge in [0.05, 0.1) is 25.5 Å². The fourth-order valence-corrected chi connectivity index (χ4v) is 2.49. The first-order valence-corrected chi connectivity index (χ1v) is 7.27. The highest BCUT2D eigenvalue weighted by molar-refractivity contribution is 5.86. The molecule has 21 heavy (non-hydrogen) atoms. The number of hydrogen-bond acceptors (Lipinski definition) is 5. The molecule has 0 aliphatic carbocycles. The van der Waals surface area contributed by atoms with E-state index in [1.165, 1.54) is 0 Å². The van der Waals surface area contributed by atoms with E-state index >= 15 is 0 Å². The van der Waals surface area contributed by atoms with Crippen LogP contribution in [0.2, 0.25) is 0 Å². The average Bonchev–Trinajstić information content (AvgIpc) is 3.06. The minimum Gasteiger partial charge on any atom is -0.389 e. The summed E-state index contributed by atoms with van der Waals surface area (Å²) in [5, 5.41) is 4.10. The summed E-state index contributed by atoms with van der Waals surface area (Å²) in [5.41, 5.74) is 2.08. The molecule has 0 aromatic heterocycles. The molecule has 0 spiro atoms. The Balaban J connectivity index is 1.41. The van der Waals surface area contributed by atoms with Crippen molar-refractivity contribution in [1.29, 1.82) is 0 Å². The summed E-state index contributed by atoms with van der Waals surface area (Å²) in [4.78, 5) is 5.45. The third kappa shape index (κ3) is 3.81. The van der Waals surface area contributed by atoms with Crippen LogP contribution in [-0.4, -0.2) is 36.9 Å². The minimum atomic E-state index is -0.527. The van der Waals surface area contributed by atoms with Crippen LogP contribution in [0.4, 0.5) is 0 Å². The van der Waals surface area contributed by atoms with Gasteiger partial charge < -0.3 is 19.0 Å². The SMILES string of the molecule is CC1(C)OC[C@H]([C@@H]2CC(COCc3ccccc3)=NO2)O1. The highest BCUT2D eigenvalue weighted by Gasteiger charge is 2.40. The quantitative estimate of drug-likeness (QED) is 0.836. The summed E-state index contributed by atoms with van der Waals surface area (Å²) < 4.78 is 17.0. The van der Waals surface area contributed by atoms with Crippen LogP contribution in [0, 0.1) is 0 Å². The van der Waals surface area contributed by atoms with Gasteiger partial charge in [-0.1, -0.05) is 35.5 Å². The Morgan fingerprint density at radius 2 is 2.00 bits per heavy atom. The summed E-state index contributed by atoms with van der Waals surface area (Å²) >= 11 is 0. The molecule has 0 N–H and O–H groups in total. The van der Waals surface area contributed by atoms with E-state index in [9.17, 15) is 0 Å². The predicted molar refractivity (Wildman–Crippen MR) is 77.9 cm³/mol. The Kier molecular flexibility index (Phi) is 4.24. The van der Waals surface area contributed by atoms with Crippen LogP contribution in [0.5, 0.6) is 0 Å². The van der Waals surface area contributed by atoms with Crippen molar-refractivity contribution in [3.8, 4) is 0 Å². The molecule has 2 aliphatic rings. The average molecular weight is 291 g/mol. The number of ether oxygens (including phenoxy) is 3. The molecule has 0 radical (unpaired) electrons. The van der Waals surface area contributed by atoms with E-state index < -0.39 is 5.79 Å². The monoisotopic (exact) mass is 291 g/mol. The fourth-order valence-electron chi connectivity index (χ4n) is 2.49. The van der Waals surface area contributed by atoms with Gasteiger partial charge in [0.15, 0.2) is 11.9 Å². The smallest absolute Gasteiger partial charge is 0.163 e. The molecule has 114 valence electrons. The predicted octanol–water partition coefficient (Wildman–Crippen LogP) is 2.50. The van der Waals surface area contributed by atoms with E-state index in [1.807, 2.05) is 44.2 Å². The van der Waals surface area contributed by atoms with Gasteiger partial charge >= 0.3 is 0 Å². The number of oxime groups is 1. The van der Waals surface area contributed by atoms with E-state index in [2.05, 4.69) is 5.16 Å². The Morgan fingerprint density at radius 1 is 1.19 bits per heavy atom. The summed E-state index contributed by atoms with van der Waals surface area (Å²) in [5.74, 6) is -0.527. The number of rotatable bonds is 5. The fraction of sp³-hybridized carbons (Fsp3) is 0.562. The topological polar surface area (TPSA) is 49.3 Å². The maximum atomic E-state index is 5.79. The van der Waals surface area contributed by atoms with Crippen molar-refractivity contribution in [2.75, 3.05) is 13.2 Å². The van der Waals surface area contributed by atoms with Crippen LogP contribution in [-0.2, 0) is 25.7 Å². The van der Waals surface area contributed by atoms with Crippen LogP contribution < -0.4 is 0 Å². The molecule has 1 fully saturated rings. The molecule has 2 aliphatic heterocycles. The lowest BCUT2D eigenvalue weighted by Gasteiger charge is -2.19. The van der Waals surface area contributed by atoms with Gasteiger partial charge in [-0.05, 0) is 19.4 Å². The molecule has 0 bridgehead atoms. The lowest BCUT2D eigenvalue weighted by molar-refractivity contribution is -0.153. The van der Waals surface area contributed by atoms with Crippen LogP contribution in [0.25, 0.3) is 0 Å². The Morgan fingerprint density at radius 3 is 2.71 bits per heavy atom. The molecular weight excluding hydrogens is 270 g/mol. The van der Waals surface area contributed by atoms with Crippen molar-refractivity contribution < 1.29 is 19.0 Å². The molecule has 1 aromatic carbocycles. The highest BCUT2D eigenvalue weighted by Crippen LogP contribution is 2.28. The zero-order valence-corrected chi connectivity index (χ0v) is 12.5. The van der Waals surface area contributed by atoms with Gasteiger partial charge in [-0.2, -0.15) is 0 Å². The van der Waals surface area contributed by atoms with E-state index in [4.69, 9.17) is 19.0 Å². The zero-order valence-electron chi connectivity index (χ0n) is 12.5. The van der Waals surface area contributed by atoms with Gasteiger partial charge in [-0.15, -0.1) is 0 Å². The first-order valence-electron chi connectivity index (χ1n) is 7.27. The number of nitrogens with zero attached hydrogens (tertiary/aromatic N) is 1. The van der Waals surface area contributed by atoms with Crippen LogP contribution >= 0.6 is 0 Å². The molecule has 0 saturated carbocycles. The first-order chi connectivity index (χ1) is 10.1. The summed E-state index contributed by atoms with van der Waals surface area (Å²) in [7, 11) is 0. The van der Waals surface area contributed by atoms with Crippen molar-refractivity contribution in [2.45, 2.75) is 44.9 Å². The molecule has 5 nitrogen and oxygen atoms in total. The highest BCUT2D eigenvalue weighted by atomic mass is 16.8. The molecule has 2 heterocycles. The van der Waals surface area contributed by atoms with Crippen LogP contribution in [0.3, 0.4) is 0 Å². The largest absolute Gasteiger partial charge is 0.389 e. The van der Waals surface area contributed by atoms with E-state index in [0.717, 1.165) is 17.7 Å². The normalized spacial score (nSPS) is 27.4. The van der Waals surface area contributed by atoms with Gasteiger partial charge in [0.1, 0.15) is 6.10 Å². The second-order valence-corrected chi connectivity index (χ2v) is 5.85. The van der Waals surface area contributed by atoms with Crippen LogP contribution in [0.1, 0.15) is 25.8 Å². The number of hydrogen-bond donors (Lipinski definition) is 0. The Hall–Kier alpha value is -1.43. The standard InChI is InChI=1S/C16H21NO4/c1-16(2)19-11-15(20-16)14-8-13(17-21-14)10-18-9-12-6-4-3-5-7-12/h3-7,14-15H,8-11H2,1-2H3/t14-,15+/m0/s1. The second kappa shape index (κ2) is 6.13.